The van der Waals surface area contributed by atoms with Crippen LogP contribution in [0.1, 0.15) is 33.1 Å². The van der Waals surface area contributed by atoms with Gasteiger partial charge in [-0.05, 0) is 36.1 Å². The largest absolute Gasteiger partial charge is 0.344 e. The molecule has 108 valence electrons. The van der Waals surface area contributed by atoms with Gasteiger partial charge in [-0.1, -0.05) is 48.0 Å². The maximum atomic E-state index is 12.5. The highest BCUT2D eigenvalue weighted by Gasteiger charge is 2.32. The zero-order valence-corrected chi connectivity index (χ0v) is 13.1. The van der Waals surface area contributed by atoms with E-state index in [1.165, 1.54) is 5.56 Å². The molecule has 2 aromatic carbocycles. The van der Waals surface area contributed by atoms with E-state index in [2.05, 4.69) is 11.4 Å². The smallest absolute Gasteiger partial charge is 0.253 e. The normalized spacial score (nSPS) is 20.1. The molecule has 1 N–H and O–H groups in total. The summed E-state index contributed by atoms with van der Waals surface area (Å²) in [5.41, 5.74) is 3.66. The minimum Gasteiger partial charge on any atom is -0.344 e. The number of benzene rings is 2. The summed E-state index contributed by atoms with van der Waals surface area (Å²) in [7, 11) is 0. The summed E-state index contributed by atoms with van der Waals surface area (Å²) in [6.07, 6.45) is 0.768. The van der Waals surface area contributed by atoms with E-state index in [0.29, 0.717) is 10.6 Å². The number of carbonyl (C=O) groups excluding carboxylic acids is 1. The van der Waals surface area contributed by atoms with Crippen molar-refractivity contribution in [2.24, 2.45) is 0 Å². The number of fused-ring (bicyclic) bond motifs is 1. The number of amides is 1. The predicted molar refractivity (Wildman–Crippen MR) is 86.2 cm³/mol. The molecule has 2 nitrogen and oxygen atoms in total. The maximum absolute atomic E-state index is 12.5. The Bertz CT molecular complexity index is 699. The number of alkyl halides is 1. The Labute approximate surface area is 134 Å². The van der Waals surface area contributed by atoms with E-state index in [-0.39, 0.29) is 17.3 Å². The van der Waals surface area contributed by atoms with E-state index in [0.717, 1.165) is 17.5 Å². The quantitative estimate of drug-likeness (QED) is 0.822. The van der Waals surface area contributed by atoms with Crippen LogP contribution < -0.4 is 5.32 Å². The number of halogens is 2. The van der Waals surface area contributed by atoms with Crippen molar-refractivity contribution >= 4 is 29.1 Å². The number of aryl methyl sites for hydroxylation is 1. The summed E-state index contributed by atoms with van der Waals surface area (Å²) in [5, 5.41) is 3.38. The number of hydrogen-bond acceptors (Lipinski definition) is 1. The molecule has 0 fully saturated rings. The van der Waals surface area contributed by atoms with Crippen molar-refractivity contribution in [3.8, 4) is 0 Å². The van der Waals surface area contributed by atoms with E-state index in [1.807, 2.05) is 37.3 Å². The topological polar surface area (TPSA) is 29.1 Å². The molecule has 0 spiro atoms. The van der Waals surface area contributed by atoms with Crippen LogP contribution in [0.2, 0.25) is 5.02 Å². The summed E-state index contributed by atoms with van der Waals surface area (Å²) in [4.78, 5) is 12.5. The molecule has 2 atom stereocenters. The van der Waals surface area contributed by atoms with Gasteiger partial charge in [0.15, 0.2) is 0 Å². The first-order valence-corrected chi connectivity index (χ1v) is 7.67. The van der Waals surface area contributed by atoms with Gasteiger partial charge in [-0.3, -0.25) is 4.79 Å². The third kappa shape index (κ3) is 2.66. The van der Waals surface area contributed by atoms with Crippen LogP contribution in [0.25, 0.3) is 0 Å². The molecule has 1 amide bonds. The second-order valence-electron chi connectivity index (χ2n) is 5.31. The lowest BCUT2D eigenvalue weighted by Gasteiger charge is -2.18. The first-order valence-electron chi connectivity index (χ1n) is 6.86. The maximum Gasteiger partial charge on any atom is 0.253 e. The van der Waals surface area contributed by atoms with Crippen molar-refractivity contribution in [2.45, 2.75) is 24.8 Å². The van der Waals surface area contributed by atoms with Crippen molar-refractivity contribution in [1.29, 1.82) is 0 Å². The van der Waals surface area contributed by atoms with Gasteiger partial charge in [-0.25, -0.2) is 0 Å². The molecule has 1 aliphatic carbocycles. The summed E-state index contributed by atoms with van der Waals surface area (Å²) >= 11 is 12.6. The van der Waals surface area contributed by atoms with Crippen molar-refractivity contribution < 1.29 is 4.79 Å². The van der Waals surface area contributed by atoms with Gasteiger partial charge in [0.2, 0.25) is 0 Å². The summed E-state index contributed by atoms with van der Waals surface area (Å²) in [5.74, 6) is -0.184. The van der Waals surface area contributed by atoms with Crippen LogP contribution >= 0.6 is 23.2 Å². The Morgan fingerprint density at radius 2 is 1.95 bits per heavy atom. The second-order valence-corrected chi connectivity index (χ2v) is 6.25. The highest BCUT2D eigenvalue weighted by molar-refractivity contribution is 6.34. The molecule has 3 rings (SSSR count). The standard InChI is InChI=1S/C17H15Cl2NO/c1-10-5-4-8-13(15(10)19)17(21)20-16-12-7-3-2-6-11(12)9-14(16)18/h2-8,14,16H,9H2,1H3,(H,20,21). The molecule has 0 radical (unpaired) electrons. The van der Waals surface area contributed by atoms with Crippen molar-refractivity contribution in [3.63, 3.8) is 0 Å². The van der Waals surface area contributed by atoms with E-state index >= 15 is 0 Å². The second kappa shape index (κ2) is 5.70. The first kappa shape index (κ1) is 14.4. The molecule has 0 saturated carbocycles. The summed E-state index contributed by atoms with van der Waals surface area (Å²) in [6, 6.07) is 13.3. The molecule has 21 heavy (non-hydrogen) atoms. The van der Waals surface area contributed by atoms with Gasteiger partial charge in [-0.2, -0.15) is 0 Å². The Morgan fingerprint density at radius 1 is 1.19 bits per heavy atom. The Kier molecular flexibility index (Phi) is 3.92. The molecule has 0 saturated heterocycles. The summed E-state index contributed by atoms with van der Waals surface area (Å²) in [6.45, 7) is 1.88. The van der Waals surface area contributed by atoms with Gasteiger partial charge < -0.3 is 5.32 Å². The van der Waals surface area contributed by atoms with Crippen molar-refractivity contribution in [2.75, 3.05) is 0 Å². The number of carbonyl (C=O) groups is 1. The number of rotatable bonds is 2. The zero-order chi connectivity index (χ0) is 15.0. The molecule has 0 aromatic heterocycles. The lowest BCUT2D eigenvalue weighted by molar-refractivity contribution is 0.0937. The minimum atomic E-state index is -0.184. The van der Waals surface area contributed by atoms with Crippen LogP contribution in [0.3, 0.4) is 0 Å². The zero-order valence-electron chi connectivity index (χ0n) is 11.6. The predicted octanol–water partition coefficient (Wildman–Crippen LogP) is 4.28. The van der Waals surface area contributed by atoms with E-state index in [1.54, 1.807) is 6.07 Å². The Balaban J connectivity index is 1.87. The highest BCUT2D eigenvalue weighted by Crippen LogP contribution is 2.35. The fourth-order valence-corrected chi connectivity index (χ4v) is 3.33. The van der Waals surface area contributed by atoms with Gasteiger partial charge in [-0.15, -0.1) is 11.6 Å². The van der Waals surface area contributed by atoms with Crippen LogP contribution in [-0.2, 0) is 6.42 Å². The van der Waals surface area contributed by atoms with Crippen LogP contribution in [0.15, 0.2) is 42.5 Å². The third-order valence-corrected chi connectivity index (χ3v) is 4.80. The van der Waals surface area contributed by atoms with Gasteiger partial charge >= 0.3 is 0 Å². The lowest BCUT2D eigenvalue weighted by Crippen LogP contribution is -2.32. The van der Waals surface area contributed by atoms with Crippen LogP contribution in [0.5, 0.6) is 0 Å². The molecule has 0 aliphatic heterocycles. The Hall–Kier alpha value is -1.51. The third-order valence-electron chi connectivity index (χ3n) is 3.89. The van der Waals surface area contributed by atoms with Crippen molar-refractivity contribution in [1.82, 2.24) is 5.32 Å². The molecule has 0 bridgehead atoms. The SMILES string of the molecule is Cc1cccc(C(=O)NC2c3ccccc3CC2Cl)c1Cl. The van der Waals surface area contributed by atoms with Crippen LogP contribution in [0, 0.1) is 6.92 Å². The van der Waals surface area contributed by atoms with E-state index in [9.17, 15) is 4.79 Å². The molecule has 0 heterocycles. The summed E-state index contributed by atoms with van der Waals surface area (Å²) < 4.78 is 0. The first-order chi connectivity index (χ1) is 10.1. The van der Waals surface area contributed by atoms with Gasteiger partial charge in [0.25, 0.3) is 5.91 Å². The van der Waals surface area contributed by atoms with Gasteiger partial charge in [0.05, 0.1) is 22.0 Å². The average molecular weight is 320 g/mol. The van der Waals surface area contributed by atoms with Crippen molar-refractivity contribution in [3.05, 3.63) is 69.7 Å². The van der Waals surface area contributed by atoms with E-state index in [4.69, 9.17) is 23.2 Å². The fourth-order valence-electron chi connectivity index (χ4n) is 2.76. The number of nitrogens with one attached hydrogen (secondary N) is 1. The molecular weight excluding hydrogens is 305 g/mol. The monoisotopic (exact) mass is 319 g/mol. The van der Waals surface area contributed by atoms with Gasteiger partial charge in [0, 0.05) is 0 Å². The molecule has 1 aliphatic rings. The number of hydrogen-bond donors (Lipinski definition) is 1. The fraction of sp³-hybridized carbons (Fsp3) is 0.235. The van der Waals surface area contributed by atoms with E-state index < -0.39 is 0 Å². The molecular formula is C17H15Cl2NO. The molecule has 2 aromatic rings. The minimum absolute atomic E-state index is 0.130. The molecule has 4 heteroatoms. The molecule has 2 unspecified atom stereocenters. The lowest BCUT2D eigenvalue weighted by atomic mass is 10.1. The Morgan fingerprint density at radius 3 is 2.76 bits per heavy atom. The average Bonchev–Trinajstić information content (AvgIpc) is 2.78. The van der Waals surface area contributed by atoms with Crippen LogP contribution in [0.4, 0.5) is 0 Å². The van der Waals surface area contributed by atoms with Crippen LogP contribution in [-0.4, -0.2) is 11.3 Å². The highest BCUT2D eigenvalue weighted by atomic mass is 35.5. The van der Waals surface area contributed by atoms with Gasteiger partial charge in [0.1, 0.15) is 0 Å².